The summed E-state index contributed by atoms with van der Waals surface area (Å²) in [6.07, 6.45) is 0. The molecule has 0 saturated heterocycles. The van der Waals surface area contributed by atoms with Gasteiger partial charge in [0.05, 0.1) is 17.1 Å². The third-order valence-corrected chi connectivity index (χ3v) is 4.47. The highest BCUT2D eigenvalue weighted by molar-refractivity contribution is 7.98. The summed E-state index contributed by atoms with van der Waals surface area (Å²) in [7, 11) is 0. The monoisotopic (exact) mass is 303 g/mol. The van der Waals surface area contributed by atoms with Gasteiger partial charge in [-0.25, -0.2) is 14.4 Å². The predicted octanol–water partition coefficient (Wildman–Crippen LogP) is 3.63. The van der Waals surface area contributed by atoms with Gasteiger partial charge in [0.25, 0.3) is 0 Å². The fourth-order valence-corrected chi connectivity index (χ4v) is 3.29. The minimum absolute atomic E-state index is 0.207. The number of nitrogens with one attached hydrogen (secondary N) is 1. The van der Waals surface area contributed by atoms with Crippen molar-refractivity contribution in [1.29, 1.82) is 0 Å². The number of halogens is 1. The van der Waals surface area contributed by atoms with Crippen LogP contribution in [-0.4, -0.2) is 9.97 Å². The number of hydrogen-bond donors (Lipinski definition) is 1. The zero-order valence-corrected chi connectivity index (χ0v) is 13.0. The van der Waals surface area contributed by atoms with E-state index in [1.165, 1.54) is 11.6 Å². The Morgan fingerprint density at radius 2 is 2.14 bits per heavy atom. The summed E-state index contributed by atoms with van der Waals surface area (Å²) in [5.74, 6) is 1.67. The van der Waals surface area contributed by atoms with Crippen LogP contribution in [0.5, 0.6) is 0 Å². The van der Waals surface area contributed by atoms with Crippen molar-refractivity contribution in [3.05, 3.63) is 52.9 Å². The maximum atomic E-state index is 13.2. The molecule has 0 bridgehead atoms. The topological polar surface area (TPSA) is 37.8 Å². The van der Waals surface area contributed by atoms with Crippen LogP contribution in [0.25, 0.3) is 0 Å². The molecule has 3 rings (SSSR count). The van der Waals surface area contributed by atoms with Crippen molar-refractivity contribution < 1.29 is 4.39 Å². The molecule has 0 fully saturated rings. The summed E-state index contributed by atoms with van der Waals surface area (Å²) >= 11 is 1.57. The number of thioether (sulfide) groups is 1. The summed E-state index contributed by atoms with van der Waals surface area (Å²) in [5, 5.41) is 3.33. The molecule has 1 aliphatic heterocycles. The lowest BCUT2D eigenvalue weighted by atomic mass is 10.0. The first-order chi connectivity index (χ1) is 10.1. The Morgan fingerprint density at radius 3 is 2.90 bits per heavy atom. The van der Waals surface area contributed by atoms with E-state index in [0.29, 0.717) is 11.7 Å². The molecule has 0 unspecified atom stereocenters. The smallest absolute Gasteiger partial charge is 0.139 e. The third kappa shape index (κ3) is 3.24. The molecule has 5 heteroatoms. The molecule has 1 aliphatic rings. The second-order valence-electron chi connectivity index (χ2n) is 5.45. The molecule has 0 aliphatic carbocycles. The van der Waals surface area contributed by atoms with E-state index in [2.05, 4.69) is 24.1 Å². The summed E-state index contributed by atoms with van der Waals surface area (Å²) in [5.41, 5.74) is 3.51. The molecule has 0 amide bonds. The van der Waals surface area contributed by atoms with E-state index in [1.54, 1.807) is 23.9 Å². The van der Waals surface area contributed by atoms with Gasteiger partial charge in [-0.15, -0.1) is 11.8 Å². The van der Waals surface area contributed by atoms with Crippen molar-refractivity contribution in [3.63, 3.8) is 0 Å². The number of aromatic nitrogens is 2. The van der Waals surface area contributed by atoms with E-state index < -0.39 is 0 Å². The number of nitrogens with zero attached hydrogens (tertiary/aromatic N) is 2. The molecule has 21 heavy (non-hydrogen) atoms. The van der Waals surface area contributed by atoms with Crippen LogP contribution in [0.1, 0.15) is 42.5 Å². The molecule has 1 aromatic heterocycles. The average molecular weight is 303 g/mol. The predicted molar refractivity (Wildman–Crippen MR) is 82.6 cm³/mol. The highest BCUT2D eigenvalue weighted by Crippen LogP contribution is 2.26. The number of rotatable bonds is 4. The van der Waals surface area contributed by atoms with E-state index in [9.17, 15) is 4.39 Å². The van der Waals surface area contributed by atoms with Crippen LogP contribution in [0.4, 0.5) is 4.39 Å². The highest BCUT2D eigenvalue weighted by atomic mass is 32.2. The van der Waals surface area contributed by atoms with Gasteiger partial charge in [-0.05, 0) is 24.1 Å². The minimum atomic E-state index is -0.207. The average Bonchev–Trinajstić information content (AvgIpc) is 2.92. The van der Waals surface area contributed by atoms with Crippen molar-refractivity contribution in [2.75, 3.05) is 0 Å². The second-order valence-corrected chi connectivity index (χ2v) is 6.50. The van der Waals surface area contributed by atoms with Gasteiger partial charge in [0.2, 0.25) is 0 Å². The van der Waals surface area contributed by atoms with Crippen molar-refractivity contribution >= 4 is 11.8 Å². The molecular formula is C16H18FN3S. The lowest BCUT2D eigenvalue weighted by Gasteiger charge is -2.12. The van der Waals surface area contributed by atoms with Crippen molar-refractivity contribution in [2.24, 2.45) is 0 Å². The molecule has 1 N–H and O–H groups in total. The molecule has 2 heterocycles. The molecule has 110 valence electrons. The maximum absolute atomic E-state index is 13.2. The molecule has 0 saturated carbocycles. The minimum Gasteiger partial charge on any atom is -0.307 e. The van der Waals surface area contributed by atoms with Gasteiger partial charge in [0.1, 0.15) is 11.6 Å². The lowest BCUT2D eigenvalue weighted by Crippen LogP contribution is -2.06. The molecular weight excluding hydrogens is 285 g/mol. The Kier molecular flexibility index (Phi) is 4.22. The van der Waals surface area contributed by atoms with Crippen LogP contribution in [0.15, 0.2) is 29.2 Å². The summed E-state index contributed by atoms with van der Waals surface area (Å²) in [6.45, 7) is 5.99. The zero-order valence-electron chi connectivity index (χ0n) is 12.2. The first-order valence-corrected chi connectivity index (χ1v) is 8.09. The van der Waals surface area contributed by atoms with Crippen molar-refractivity contribution in [1.82, 2.24) is 15.3 Å². The van der Waals surface area contributed by atoms with E-state index in [-0.39, 0.29) is 5.82 Å². The molecule has 0 spiro atoms. The molecule has 0 atom stereocenters. The molecule has 1 aromatic carbocycles. The van der Waals surface area contributed by atoms with E-state index in [0.717, 1.165) is 35.2 Å². The Hall–Kier alpha value is -1.46. The Balaban J connectivity index is 1.81. The fourth-order valence-electron chi connectivity index (χ4n) is 2.49. The van der Waals surface area contributed by atoms with Crippen LogP contribution in [0.3, 0.4) is 0 Å². The fraction of sp³-hybridized carbons (Fsp3) is 0.375. The van der Waals surface area contributed by atoms with E-state index >= 15 is 0 Å². The SMILES string of the molecule is CC(C)c1nc(CSc2cccc(F)c2)nc2c1CNC2. The molecule has 2 aromatic rings. The third-order valence-electron chi connectivity index (χ3n) is 3.48. The first-order valence-electron chi connectivity index (χ1n) is 7.11. The van der Waals surface area contributed by atoms with Gasteiger partial charge in [-0.1, -0.05) is 19.9 Å². The van der Waals surface area contributed by atoms with Gasteiger partial charge >= 0.3 is 0 Å². The zero-order chi connectivity index (χ0) is 14.8. The summed E-state index contributed by atoms with van der Waals surface area (Å²) in [6, 6.07) is 6.64. The number of hydrogen-bond acceptors (Lipinski definition) is 4. The Morgan fingerprint density at radius 1 is 1.29 bits per heavy atom. The highest BCUT2D eigenvalue weighted by Gasteiger charge is 2.20. The van der Waals surface area contributed by atoms with Gasteiger partial charge in [-0.3, -0.25) is 0 Å². The van der Waals surface area contributed by atoms with Crippen LogP contribution in [-0.2, 0) is 18.8 Å². The van der Waals surface area contributed by atoms with E-state index in [4.69, 9.17) is 4.98 Å². The van der Waals surface area contributed by atoms with Gasteiger partial charge in [0, 0.05) is 23.5 Å². The van der Waals surface area contributed by atoms with Gasteiger partial charge in [-0.2, -0.15) is 0 Å². The van der Waals surface area contributed by atoms with Crippen LogP contribution in [0, 0.1) is 5.82 Å². The van der Waals surface area contributed by atoms with Crippen molar-refractivity contribution in [3.8, 4) is 0 Å². The number of fused-ring (bicyclic) bond motifs is 1. The Labute approximate surface area is 128 Å². The second kappa shape index (κ2) is 6.12. The van der Waals surface area contributed by atoms with Crippen LogP contribution < -0.4 is 5.32 Å². The standard InChI is InChI=1S/C16H18FN3S/c1-10(2)16-13-7-18-8-14(13)19-15(20-16)9-21-12-5-3-4-11(17)6-12/h3-6,10,18H,7-9H2,1-2H3. The quantitative estimate of drug-likeness (QED) is 0.875. The van der Waals surface area contributed by atoms with Gasteiger partial charge in [0.15, 0.2) is 0 Å². The lowest BCUT2D eigenvalue weighted by molar-refractivity contribution is 0.624. The molecule has 0 radical (unpaired) electrons. The normalized spacial score (nSPS) is 13.7. The summed E-state index contributed by atoms with van der Waals surface area (Å²) < 4.78 is 13.2. The largest absolute Gasteiger partial charge is 0.307 e. The first kappa shape index (κ1) is 14.5. The van der Waals surface area contributed by atoms with Crippen molar-refractivity contribution in [2.45, 2.75) is 43.5 Å². The van der Waals surface area contributed by atoms with Crippen LogP contribution in [0.2, 0.25) is 0 Å². The molecule has 3 nitrogen and oxygen atoms in total. The van der Waals surface area contributed by atoms with Gasteiger partial charge < -0.3 is 5.32 Å². The Bertz CT molecular complexity index is 658. The maximum Gasteiger partial charge on any atom is 0.139 e. The van der Waals surface area contributed by atoms with Crippen LogP contribution >= 0.6 is 11.8 Å². The summed E-state index contributed by atoms with van der Waals surface area (Å²) in [4.78, 5) is 10.3. The van der Waals surface area contributed by atoms with E-state index in [1.807, 2.05) is 6.07 Å². The number of benzene rings is 1.